The Labute approximate surface area is 104 Å². The van der Waals surface area contributed by atoms with Crippen LogP contribution in [0.1, 0.15) is 32.3 Å². The van der Waals surface area contributed by atoms with Crippen LogP contribution >= 0.6 is 0 Å². The monoisotopic (exact) mass is 233 g/mol. The smallest absolute Gasteiger partial charge is 0.131 e. The summed E-state index contributed by atoms with van der Waals surface area (Å²) in [6, 6.07) is 5.32. The molecule has 1 fully saturated rings. The van der Waals surface area contributed by atoms with Gasteiger partial charge in [0.05, 0.1) is 0 Å². The molecule has 1 aliphatic heterocycles. The molecule has 0 amide bonds. The van der Waals surface area contributed by atoms with Gasteiger partial charge in [-0.15, -0.1) is 0 Å². The van der Waals surface area contributed by atoms with Crippen LogP contribution in [0.25, 0.3) is 0 Å². The van der Waals surface area contributed by atoms with Gasteiger partial charge in [0.1, 0.15) is 5.82 Å². The summed E-state index contributed by atoms with van der Waals surface area (Å²) in [4.78, 5) is 7.00. The second-order valence-electron chi connectivity index (χ2n) is 5.20. The zero-order chi connectivity index (χ0) is 12.3. The zero-order valence-corrected chi connectivity index (χ0v) is 11.1. The van der Waals surface area contributed by atoms with Gasteiger partial charge in [-0.3, -0.25) is 0 Å². The van der Waals surface area contributed by atoms with Crippen molar-refractivity contribution in [1.29, 1.82) is 0 Å². The Morgan fingerprint density at radius 2 is 2.35 bits per heavy atom. The van der Waals surface area contributed by atoms with Gasteiger partial charge in [-0.25, -0.2) is 4.98 Å². The number of anilines is 1. The van der Waals surface area contributed by atoms with Gasteiger partial charge >= 0.3 is 0 Å². The topological polar surface area (TPSA) is 28.2 Å². The maximum atomic E-state index is 4.54. The van der Waals surface area contributed by atoms with Crippen LogP contribution in [0.3, 0.4) is 0 Å². The molecule has 0 aromatic carbocycles. The molecular formula is C14H23N3. The molecule has 94 valence electrons. The third-order valence-electron chi connectivity index (χ3n) is 3.39. The molecule has 1 aliphatic rings. The van der Waals surface area contributed by atoms with E-state index < -0.39 is 0 Å². The van der Waals surface area contributed by atoms with Crippen molar-refractivity contribution in [3.63, 3.8) is 0 Å². The fourth-order valence-corrected chi connectivity index (χ4v) is 2.48. The van der Waals surface area contributed by atoms with Crippen LogP contribution in [0.5, 0.6) is 0 Å². The lowest BCUT2D eigenvalue weighted by Gasteiger charge is -2.28. The molecule has 17 heavy (non-hydrogen) atoms. The molecular weight excluding hydrogens is 210 g/mol. The number of pyridine rings is 1. The lowest BCUT2D eigenvalue weighted by molar-refractivity contribution is 0.522. The van der Waals surface area contributed by atoms with E-state index in [0.717, 1.165) is 13.1 Å². The van der Waals surface area contributed by atoms with Crippen LogP contribution < -0.4 is 10.2 Å². The molecule has 0 bridgehead atoms. The lowest BCUT2D eigenvalue weighted by Crippen LogP contribution is -2.40. The number of hydrogen-bond donors (Lipinski definition) is 1. The van der Waals surface area contributed by atoms with E-state index in [9.17, 15) is 0 Å². The number of nitrogens with zero attached hydrogens (tertiary/aromatic N) is 2. The van der Waals surface area contributed by atoms with Gasteiger partial charge in [-0.2, -0.15) is 0 Å². The van der Waals surface area contributed by atoms with Crippen LogP contribution in [0.15, 0.2) is 18.3 Å². The van der Waals surface area contributed by atoms with Crippen molar-refractivity contribution in [3.05, 3.63) is 23.9 Å². The molecule has 1 atom stereocenters. The van der Waals surface area contributed by atoms with Gasteiger partial charge in [0.15, 0.2) is 0 Å². The highest BCUT2D eigenvalue weighted by molar-refractivity contribution is 5.47. The SMILES string of the molecule is Cc1cccnc1N1CCCC1CNC(C)C. The number of rotatable bonds is 4. The number of hydrogen-bond acceptors (Lipinski definition) is 3. The van der Waals surface area contributed by atoms with E-state index in [1.54, 1.807) is 0 Å². The van der Waals surface area contributed by atoms with Gasteiger partial charge in [0, 0.05) is 31.4 Å². The van der Waals surface area contributed by atoms with E-state index in [1.165, 1.54) is 24.2 Å². The molecule has 1 aromatic rings. The standard InChI is InChI=1S/C14H23N3/c1-11(2)16-10-13-7-5-9-17(13)14-12(3)6-4-8-15-14/h4,6,8,11,13,16H,5,7,9-10H2,1-3H3. The molecule has 1 aromatic heterocycles. The van der Waals surface area contributed by atoms with Crippen LogP contribution in [0, 0.1) is 6.92 Å². The minimum atomic E-state index is 0.558. The normalized spacial score (nSPS) is 20.2. The predicted octanol–water partition coefficient (Wildman–Crippen LogP) is 2.36. The zero-order valence-electron chi connectivity index (χ0n) is 11.1. The molecule has 0 aliphatic carbocycles. The lowest BCUT2D eigenvalue weighted by atomic mass is 10.2. The molecule has 2 rings (SSSR count). The summed E-state index contributed by atoms with van der Waals surface area (Å²) in [6.07, 6.45) is 4.45. The quantitative estimate of drug-likeness (QED) is 0.865. The molecule has 1 unspecified atom stereocenters. The summed E-state index contributed by atoms with van der Waals surface area (Å²) in [5.41, 5.74) is 1.28. The first-order valence-corrected chi connectivity index (χ1v) is 6.60. The van der Waals surface area contributed by atoms with E-state index in [-0.39, 0.29) is 0 Å². The first kappa shape index (κ1) is 12.4. The minimum Gasteiger partial charge on any atom is -0.352 e. The molecule has 0 radical (unpaired) electrons. The number of aryl methyl sites for hydroxylation is 1. The largest absolute Gasteiger partial charge is 0.352 e. The van der Waals surface area contributed by atoms with Gasteiger partial charge in [-0.05, 0) is 31.4 Å². The third-order valence-corrected chi connectivity index (χ3v) is 3.39. The molecule has 3 heteroatoms. The molecule has 1 N–H and O–H groups in total. The number of aromatic nitrogens is 1. The Kier molecular flexibility index (Phi) is 4.00. The van der Waals surface area contributed by atoms with E-state index in [2.05, 4.69) is 42.0 Å². The summed E-state index contributed by atoms with van der Waals surface area (Å²) in [6.45, 7) is 8.75. The third kappa shape index (κ3) is 2.97. The Hall–Kier alpha value is -1.09. The average molecular weight is 233 g/mol. The van der Waals surface area contributed by atoms with Crippen molar-refractivity contribution in [2.75, 3.05) is 18.0 Å². The first-order chi connectivity index (χ1) is 8.18. The van der Waals surface area contributed by atoms with Crippen LogP contribution in [-0.4, -0.2) is 30.2 Å². The molecule has 3 nitrogen and oxygen atoms in total. The second-order valence-corrected chi connectivity index (χ2v) is 5.20. The van der Waals surface area contributed by atoms with Crippen molar-refractivity contribution in [1.82, 2.24) is 10.3 Å². The van der Waals surface area contributed by atoms with Crippen LogP contribution in [0.4, 0.5) is 5.82 Å². The summed E-state index contributed by atoms with van der Waals surface area (Å²) >= 11 is 0. The molecule has 2 heterocycles. The van der Waals surface area contributed by atoms with Crippen molar-refractivity contribution in [3.8, 4) is 0 Å². The predicted molar refractivity (Wildman–Crippen MR) is 72.5 cm³/mol. The Balaban J connectivity index is 2.07. The fourth-order valence-electron chi connectivity index (χ4n) is 2.48. The molecule has 0 saturated carbocycles. The summed E-state index contributed by atoms with van der Waals surface area (Å²) < 4.78 is 0. The average Bonchev–Trinajstić information content (AvgIpc) is 2.75. The molecule has 0 spiro atoms. The Bertz CT molecular complexity index is 362. The fraction of sp³-hybridized carbons (Fsp3) is 0.643. The van der Waals surface area contributed by atoms with Gasteiger partial charge < -0.3 is 10.2 Å². The van der Waals surface area contributed by atoms with E-state index in [1.807, 2.05) is 12.3 Å². The summed E-state index contributed by atoms with van der Waals surface area (Å²) in [5, 5.41) is 3.54. The van der Waals surface area contributed by atoms with Crippen molar-refractivity contribution in [2.45, 2.75) is 45.7 Å². The van der Waals surface area contributed by atoms with Gasteiger partial charge in [0.2, 0.25) is 0 Å². The van der Waals surface area contributed by atoms with E-state index >= 15 is 0 Å². The summed E-state index contributed by atoms with van der Waals surface area (Å²) in [5.74, 6) is 1.17. The van der Waals surface area contributed by atoms with Crippen molar-refractivity contribution >= 4 is 5.82 Å². The van der Waals surface area contributed by atoms with Crippen LogP contribution in [0.2, 0.25) is 0 Å². The summed E-state index contributed by atoms with van der Waals surface area (Å²) in [7, 11) is 0. The van der Waals surface area contributed by atoms with Crippen LogP contribution in [-0.2, 0) is 0 Å². The first-order valence-electron chi connectivity index (χ1n) is 6.60. The van der Waals surface area contributed by atoms with Crippen molar-refractivity contribution < 1.29 is 0 Å². The van der Waals surface area contributed by atoms with Gasteiger partial charge in [0.25, 0.3) is 0 Å². The maximum Gasteiger partial charge on any atom is 0.131 e. The number of nitrogens with one attached hydrogen (secondary N) is 1. The highest BCUT2D eigenvalue weighted by atomic mass is 15.2. The maximum absolute atomic E-state index is 4.54. The minimum absolute atomic E-state index is 0.558. The highest BCUT2D eigenvalue weighted by Gasteiger charge is 2.26. The van der Waals surface area contributed by atoms with Gasteiger partial charge in [-0.1, -0.05) is 19.9 Å². The molecule has 1 saturated heterocycles. The van der Waals surface area contributed by atoms with Crippen molar-refractivity contribution in [2.24, 2.45) is 0 Å². The Morgan fingerprint density at radius 1 is 1.53 bits per heavy atom. The highest BCUT2D eigenvalue weighted by Crippen LogP contribution is 2.25. The van der Waals surface area contributed by atoms with E-state index in [4.69, 9.17) is 0 Å². The van der Waals surface area contributed by atoms with E-state index in [0.29, 0.717) is 12.1 Å². The Morgan fingerprint density at radius 3 is 3.06 bits per heavy atom. The second kappa shape index (κ2) is 5.50.